The summed E-state index contributed by atoms with van der Waals surface area (Å²) in [6.07, 6.45) is 28.8. The molecule has 4 N–H and O–H groups in total. The quantitative estimate of drug-likeness (QED) is 0.0489. The second-order valence-electron chi connectivity index (χ2n) is 29.0. The van der Waals surface area contributed by atoms with E-state index in [9.17, 15) is 29.4 Å². The van der Waals surface area contributed by atoms with E-state index in [-0.39, 0.29) is 82.8 Å². The van der Waals surface area contributed by atoms with Crippen LogP contribution < -0.4 is 39.0 Å². The molecular weight excluding hydrogens is 1120 g/mol. The molecule has 13 nitrogen and oxygen atoms in total. The molecule has 0 bridgehead atoms. The molecule has 0 aromatic heterocycles. The summed E-state index contributed by atoms with van der Waals surface area (Å²) in [5.74, 6) is 6.08. The summed E-state index contributed by atoms with van der Waals surface area (Å²) in [6, 6.07) is 16.6. The third kappa shape index (κ3) is 16.1. The van der Waals surface area contributed by atoms with E-state index in [1.807, 2.05) is 43.3 Å². The molecular formula is C74H110NaO13-. The number of benzene rings is 2. The summed E-state index contributed by atoms with van der Waals surface area (Å²) in [7, 11) is 1.68. The van der Waals surface area contributed by atoms with Gasteiger partial charge in [-0.3, -0.25) is 19.2 Å². The molecule has 7 unspecified atom stereocenters. The number of carboxylic acids is 1. The Morgan fingerprint density at radius 3 is 1.42 bits per heavy atom. The van der Waals surface area contributed by atoms with Gasteiger partial charge < -0.3 is 51.9 Å². The van der Waals surface area contributed by atoms with Crippen molar-refractivity contribution in [2.45, 2.75) is 233 Å². The van der Waals surface area contributed by atoms with Gasteiger partial charge in [0.2, 0.25) is 0 Å². The molecule has 2 aromatic carbocycles. The number of methoxy groups -OCH3 is 1. The van der Waals surface area contributed by atoms with E-state index in [0.717, 1.165) is 127 Å². The smallest absolute Gasteiger partial charge is 0.870 e. The van der Waals surface area contributed by atoms with Crippen LogP contribution in [0, 0.1) is 76.4 Å². The van der Waals surface area contributed by atoms with Gasteiger partial charge >= 0.3 is 41.5 Å². The van der Waals surface area contributed by atoms with Crippen molar-refractivity contribution in [1.29, 1.82) is 0 Å². The van der Waals surface area contributed by atoms with E-state index in [4.69, 9.17) is 28.8 Å². The summed E-state index contributed by atoms with van der Waals surface area (Å²) in [4.78, 5) is 47.1. The van der Waals surface area contributed by atoms with Crippen LogP contribution in [0.1, 0.15) is 214 Å². The van der Waals surface area contributed by atoms with E-state index in [0.29, 0.717) is 111 Å². The van der Waals surface area contributed by atoms with Crippen LogP contribution in [-0.2, 0) is 46.2 Å². The van der Waals surface area contributed by atoms with Gasteiger partial charge in [0.25, 0.3) is 0 Å². The van der Waals surface area contributed by atoms with Gasteiger partial charge in [-0.05, 0) is 272 Å². The van der Waals surface area contributed by atoms with Gasteiger partial charge in [0.15, 0.2) is 17.9 Å². The topological polar surface area (TPSA) is 205 Å². The SMILES string of the molecule is CCOC(=O)CCCOc1ccc(CCC[C@@H]2CC3=CC(=O)CC[C@]3(C)C3CC[C@@]4(C)C(CC[C@]4(C)O)C32)cc1.COC1CCCO1.C[C@]12CCC(=O)C=C1C[C@@H](CCCc1ccc(OCCCC(=O)O)cc1)C1C2CC[C@@]2(C)C1CC[C@]2(C)O.[CH3-].[Na+].[OH-]. The molecule has 9 aliphatic rings. The van der Waals surface area contributed by atoms with Gasteiger partial charge in [-0.2, -0.15) is 0 Å². The molecule has 11 rings (SSSR count). The number of rotatable bonds is 20. The molecule has 14 heteroatoms. The van der Waals surface area contributed by atoms with E-state index in [2.05, 4.69) is 65.8 Å². The van der Waals surface area contributed by atoms with Crippen LogP contribution in [-0.4, -0.2) is 95.3 Å². The van der Waals surface area contributed by atoms with Gasteiger partial charge in [0, 0.05) is 45.8 Å². The number of carbonyl (C=O) groups is 4. The molecule has 1 aliphatic heterocycles. The van der Waals surface area contributed by atoms with Crippen molar-refractivity contribution < 1.29 is 93.2 Å². The Labute approximate surface area is 550 Å². The molecule has 2 aromatic rings. The van der Waals surface area contributed by atoms with Crippen molar-refractivity contribution in [1.82, 2.24) is 0 Å². The number of aliphatic carboxylic acids is 1. The number of carboxylic acid groups (broad SMARTS) is 1. The molecule has 0 spiro atoms. The molecule has 6 saturated carbocycles. The summed E-state index contributed by atoms with van der Waals surface area (Å²) < 4.78 is 26.4. The van der Waals surface area contributed by atoms with Crippen molar-refractivity contribution in [2.24, 2.45) is 69.0 Å². The average molecular weight is 1230 g/mol. The molecule has 7 fully saturated rings. The first kappa shape index (κ1) is 73.6. The fourth-order valence-corrected chi connectivity index (χ4v) is 18.9. The maximum absolute atomic E-state index is 12.5. The number of aliphatic hydroxyl groups is 2. The number of ether oxygens (including phenoxy) is 5. The number of esters is 1. The molecule has 1 saturated heterocycles. The van der Waals surface area contributed by atoms with Crippen molar-refractivity contribution in [2.75, 3.05) is 33.5 Å². The minimum Gasteiger partial charge on any atom is -0.870 e. The van der Waals surface area contributed by atoms with Crippen LogP contribution in [0.5, 0.6) is 11.5 Å². The molecule has 486 valence electrons. The number of carbonyl (C=O) groups excluding carboxylic acids is 3. The third-order valence-corrected chi connectivity index (χ3v) is 24.4. The monoisotopic (exact) mass is 1230 g/mol. The van der Waals surface area contributed by atoms with E-state index < -0.39 is 17.2 Å². The number of fused-ring (bicyclic) bond motifs is 10. The Kier molecular flexibility index (Phi) is 26.3. The normalized spacial score (nSPS) is 35.6. The van der Waals surface area contributed by atoms with Crippen LogP contribution in [0.3, 0.4) is 0 Å². The molecule has 0 radical (unpaired) electrons. The fourth-order valence-electron chi connectivity index (χ4n) is 18.9. The van der Waals surface area contributed by atoms with Gasteiger partial charge in [-0.1, -0.05) is 63.1 Å². The number of allylic oxidation sites excluding steroid dienone is 2. The number of hydrogen-bond donors (Lipinski definition) is 3. The van der Waals surface area contributed by atoms with Gasteiger partial charge in [-0.15, -0.1) is 0 Å². The van der Waals surface area contributed by atoms with Crippen molar-refractivity contribution in [3.63, 3.8) is 0 Å². The van der Waals surface area contributed by atoms with Gasteiger partial charge in [0.1, 0.15) is 11.5 Å². The summed E-state index contributed by atoms with van der Waals surface area (Å²) in [6.45, 7) is 17.8. The number of ketones is 2. The predicted molar refractivity (Wildman–Crippen MR) is 339 cm³/mol. The average Bonchev–Trinajstić information content (AvgIpc) is 1.44. The number of hydrogen-bond acceptors (Lipinski definition) is 12. The van der Waals surface area contributed by atoms with Crippen LogP contribution in [0.25, 0.3) is 0 Å². The van der Waals surface area contributed by atoms with Crippen molar-refractivity contribution >= 4 is 23.5 Å². The minimum atomic E-state index is -0.791. The van der Waals surface area contributed by atoms with E-state index >= 15 is 0 Å². The second kappa shape index (κ2) is 31.5. The summed E-state index contributed by atoms with van der Waals surface area (Å²) >= 11 is 0. The maximum atomic E-state index is 12.5. The van der Waals surface area contributed by atoms with Gasteiger partial charge in [-0.25, -0.2) is 0 Å². The summed E-state index contributed by atoms with van der Waals surface area (Å²) in [5.41, 5.74) is 4.59. The minimum absolute atomic E-state index is 0. The third-order valence-electron chi connectivity index (χ3n) is 24.4. The zero-order valence-corrected chi connectivity index (χ0v) is 57.6. The number of aryl methyl sites for hydroxylation is 2. The fraction of sp³-hybridized carbons (Fsp3) is 0.716. The maximum Gasteiger partial charge on any atom is 1.00 e. The Morgan fingerprint density at radius 1 is 0.602 bits per heavy atom. The second-order valence-corrected chi connectivity index (χ2v) is 29.0. The molecule has 0 amide bonds. The first-order valence-electron chi connectivity index (χ1n) is 33.4. The predicted octanol–water partition coefficient (Wildman–Crippen LogP) is 12.0. The Hall–Kier alpha value is -3.40. The Bertz CT molecular complexity index is 2680. The Balaban J connectivity index is 0.000000245. The zero-order chi connectivity index (χ0) is 60.8. The first-order valence-corrected chi connectivity index (χ1v) is 33.4. The largest absolute Gasteiger partial charge is 1.00 e. The van der Waals surface area contributed by atoms with E-state index in [1.54, 1.807) is 7.11 Å². The van der Waals surface area contributed by atoms with Crippen LogP contribution in [0.15, 0.2) is 71.8 Å². The standard InChI is InChI=1S/C35H50O5.C33H46O5.C5H10O2.CH3.Na.H2O/c1-5-39-31(37)10-7-21-40-28-13-11-24(12-14-28)8-6-9-25-22-26-23-27(36)15-18-33(26,2)29-16-19-34(3)30(32(25)29)17-20-35(34,4)38;1-31-16-13-25(34)21-24(31)20-23(30-27(31)14-17-32(2)28(30)15-18-33(32,3)37)7-4-6-22-9-11-26(12-10-22)38-19-5-8-29(35)36;1-6-5-3-2-4-7-5;;;/h11-14,23,25,29-30,32,38H,5-10,15-22H2,1-4H3;9-12,21,23,27-28,30,37H,4-8,13-20H2,1-3H3,(H,35,36);5H,2-4H2,1H3;1H3;;1H2/q;;;-1;+1;/p-1/t25-,29?,30?,32?,33+,34+,35+;23-,27?,28?,30?,31+,32+,33+;;;;/m11..../s1. The molecule has 15 atom stereocenters. The van der Waals surface area contributed by atoms with Crippen LogP contribution in [0.2, 0.25) is 0 Å². The molecule has 1 heterocycles. The molecule has 88 heavy (non-hydrogen) atoms. The summed E-state index contributed by atoms with van der Waals surface area (Å²) in [5, 5.41) is 31.6. The van der Waals surface area contributed by atoms with E-state index in [1.165, 1.54) is 41.5 Å². The first-order chi connectivity index (χ1) is 40.5. The van der Waals surface area contributed by atoms with Crippen molar-refractivity contribution in [3.05, 3.63) is 90.4 Å². The molecule has 8 aliphatic carbocycles. The van der Waals surface area contributed by atoms with Crippen LogP contribution >= 0.6 is 0 Å². The zero-order valence-electron chi connectivity index (χ0n) is 55.6. The van der Waals surface area contributed by atoms with Gasteiger partial charge in [0.05, 0.1) is 31.0 Å². The Morgan fingerprint density at radius 2 is 1.03 bits per heavy atom. The van der Waals surface area contributed by atoms with Crippen LogP contribution in [0.4, 0.5) is 0 Å². The van der Waals surface area contributed by atoms with Crippen molar-refractivity contribution in [3.8, 4) is 11.5 Å².